The molecule has 0 aliphatic carbocycles. The topological polar surface area (TPSA) is 62.9 Å². The van der Waals surface area contributed by atoms with Gasteiger partial charge in [0.05, 0.1) is 13.2 Å². The average molecular weight is 343 g/mol. The van der Waals surface area contributed by atoms with Gasteiger partial charge in [-0.2, -0.15) is 0 Å². The molecule has 0 aromatic heterocycles. The summed E-state index contributed by atoms with van der Waals surface area (Å²) in [4.78, 5) is 6.65. The van der Waals surface area contributed by atoms with Crippen LogP contribution in [-0.2, 0) is 11.2 Å². The second kappa shape index (κ2) is 9.70. The first-order chi connectivity index (χ1) is 11.2. The van der Waals surface area contributed by atoms with Crippen molar-refractivity contribution in [1.29, 1.82) is 0 Å². The number of rotatable bonds is 7. The van der Waals surface area contributed by atoms with E-state index >= 15 is 0 Å². The fourth-order valence-corrected chi connectivity index (χ4v) is 2.72. The molecule has 7 heteroatoms. The Balaban J connectivity index is 1.63. The van der Waals surface area contributed by atoms with Gasteiger partial charge in [0.25, 0.3) is 0 Å². The van der Waals surface area contributed by atoms with Crippen molar-refractivity contribution in [3.05, 3.63) is 34.6 Å². The molecule has 0 amide bonds. The van der Waals surface area contributed by atoms with E-state index in [1.165, 1.54) is 6.07 Å². The lowest BCUT2D eigenvalue weighted by molar-refractivity contribution is 0.0377. The first kappa shape index (κ1) is 18.0. The zero-order chi connectivity index (χ0) is 16.5. The number of nitrogens with one attached hydrogen (secondary N) is 1. The Hall–Kier alpha value is -1.37. The van der Waals surface area contributed by atoms with Crippen LogP contribution in [0.2, 0.25) is 5.02 Å². The molecule has 1 aliphatic heterocycles. The number of nitrogens with two attached hydrogens (primary N) is 1. The van der Waals surface area contributed by atoms with Crippen molar-refractivity contribution in [2.45, 2.75) is 12.8 Å². The zero-order valence-electron chi connectivity index (χ0n) is 13.2. The second-order valence-corrected chi connectivity index (χ2v) is 5.86. The molecule has 0 radical (unpaired) electrons. The minimum atomic E-state index is -0.291. The highest BCUT2D eigenvalue weighted by molar-refractivity contribution is 6.31. The van der Waals surface area contributed by atoms with Crippen molar-refractivity contribution >= 4 is 17.6 Å². The summed E-state index contributed by atoms with van der Waals surface area (Å²) in [6, 6.07) is 4.69. The summed E-state index contributed by atoms with van der Waals surface area (Å²) in [7, 11) is 0. The molecule has 5 nitrogen and oxygen atoms in total. The highest BCUT2D eigenvalue weighted by atomic mass is 35.5. The quantitative estimate of drug-likeness (QED) is 0.449. The van der Waals surface area contributed by atoms with Crippen LogP contribution >= 0.6 is 11.6 Å². The van der Waals surface area contributed by atoms with Gasteiger partial charge in [-0.3, -0.25) is 9.89 Å². The number of halogens is 2. The third-order valence-corrected chi connectivity index (χ3v) is 4.12. The third kappa shape index (κ3) is 6.33. The maximum atomic E-state index is 13.6. The van der Waals surface area contributed by atoms with Gasteiger partial charge in [-0.25, -0.2) is 4.39 Å². The van der Waals surface area contributed by atoms with Gasteiger partial charge in [-0.05, 0) is 25.0 Å². The van der Waals surface area contributed by atoms with E-state index in [1.54, 1.807) is 12.1 Å². The number of morpholine rings is 1. The monoisotopic (exact) mass is 342 g/mol. The largest absolute Gasteiger partial charge is 0.379 e. The van der Waals surface area contributed by atoms with E-state index in [2.05, 4.69) is 15.2 Å². The smallest absolute Gasteiger partial charge is 0.188 e. The standard InChI is InChI=1S/C16H24ClFN4O/c17-14-3-1-4-15(18)13(14)5-7-21-16(19)20-6-2-8-22-9-11-23-12-10-22/h1,3-4H,2,5-12H2,(H3,19,20,21). The summed E-state index contributed by atoms with van der Waals surface area (Å²) in [6.45, 7) is 5.78. The molecule has 1 aromatic carbocycles. The molecule has 0 spiro atoms. The summed E-state index contributed by atoms with van der Waals surface area (Å²) < 4.78 is 18.9. The number of ether oxygens (including phenoxy) is 1. The predicted octanol–water partition coefficient (Wildman–Crippen LogP) is 1.65. The number of hydrogen-bond acceptors (Lipinski definition) is 3. The minimum Gasteiger partial charge on any atom is -0.379 e. The van der Waals surface area contributed by atoms with Gasteiger partial charge in [-0.1, -0.05) is 17.7 Å². The Kier molecular flexibility index (Phi) is 7.58. The van der Waals surface area contributed by atoms with Crippen LogP contribution in [0.4, 0.5) is 4.39 Å². The molecular weight excluding hydrogens is 319 g/mol. The van der Waals surface area contributed by atoms with E-state index < -0.39 is 0 Å². The van der Waals surface area contributed by atoms with Gasteiger partial charge in [0.2, 0.25) is 0 Å². The molecule has 1 aliphatic rings. The molecule has 0 bridgehead atoms. The Bertz CT molecular complexity index is 501. The van der Waals surface area contributed by atoms with E-state index in [1.807, 2.05) is 0 Å². The molecular formula is C16H24ClFN4O. The van der Waals surface area contributed by atoms with Crippen molar-refractivity contribution in [1.82, 2.24) is 10.2 Å². The van der Waals surface area contributed by atoms with Crippen LogP contribution in [0.1, 0.15) is 12.0 Å². The highest BCUT2D eigenvalue weighted by Gasteiger charge is 2.09. The lowest BCUT2D eigenvalue weighted by atomic mass is 10.1. The third-order valence-electron chi connectivity index (χ3n) is 3.76. The molecule has 0 unspecified atom stereocenters. The second-order valence-electron chi connectivity index (χ2n) is 5.45. The SMILES string of the molecule is NC(=NCCCN1CCOCC1)NCCc1c(F)cccc1Cl. The van der Waals surface area contributed by atoms with Crippen molar-refractivity contribution in [2.75, 3.05) is 45.9 Å². The van der Waals surface area contributed by atoms with Crippen LogP contribution in [0, 0.1) is 5.82 Å². The minimum absolute atomic E-state index is 0.291. The lowest BCUT2D eigenvalue weighted by Crippen LogP contribution is -2.37. The Morgan fingerprint density at radius 1 is 1.39 bits per heavy atom. The normalized spacial score (nSPS) is 16.5. The molecule has 0 atom stereocenters. The first-order valence-corrected chi connectivity index (χ1v) is 8.31. The maximum Gasteiger partial charge on any atom is 0.188 e. The van der Waals surface area contributed by atoms with Crippen molar-refractivity contribution < 1.29 is 9.13 Å². The molecule has 23 heavy (non-hydrogen) atoms. The van der Waals surface area contributed by atoms with Gasteiger partial charge in [0.1, 0.15) is 5.82 Å². The molecule has 1 fully saturated rings. The van der Waals surface area contributed by atoms with Crippen LogP contribution < -0.4 is 11.1 Å². The summed E-state index contributed by atoms with van der Waals surface area (Å²) in [5.41, 5.74) is 6.31. The van der Waals surface area contributed by atoms with Crippen LogP contribution in [0.15, 0.2) is 23.2 Å². The summed E-state index contributed by atoms with van der Waals surface area (Å²) in [5.74, 6) is 0.0970. The van der Waals surface area contributed by atoms with Crippen LogP contribution in [0.5, 0.6) is 0 Å². The maximum absolute atomic E-state index is 13.6. The van der Waals surface area contributed by atoms with Gasteiger partial charge in [0, 0.05) is 43.3 Å². The zero-order valence-corrected chi connectivity index (χ0v) is 14.0. The Morgan fingerprint density at radius 2 is 2.17 bits per heavy atom. The molecule has 1 saturated heterocycles. The number of hydrogen-bond donors (Lipinski definition) is 2. The van der Waals surface area contributed by atoms with Gasteiger partial charge >= 0.3 is 0 Å². The van der Waals surface area contributed by atoms with Crippen molar-refractivity contribution in [3.8, 4) is 0 Å². The van der Waals surface area contributed by atoms with E-state index in [-0.39, 0.29) is 5.82 Å². The molecule has 2 rings (SSSR count). The van der Waals surface area contributed by atoms with Crippen molar-refractivity contribution in [2.24, 2.45) is 10.7 Å². The fourth-order valence-electron chi connectivity index (χ4n) is 2.46. The van der Waals surface area contributed by atoms with Crippen LogP contribution in [0.3, 0.4) is 0 Å². The number of guanidine groups is 1. The average Bonchev–Trinajstić information content (AvgIpc) is 2.55. The van der Waals surface area contributed by atoms with Gasteiger partial charge in [-0.15, -0.1) is 0 Å². The van der Waals surface area contributed by atoms with E-state index in [0.717, 1.165) is 39.3 Å². The fraction of sp³-hybridized carbons (Fsp3) is 0.562. The van der Waals surface area contributed by atoms with Crippen molar-refractivity contribution in [3.63, 3.8) is 0 Å². The number of benzene rings is 1. The van der Waals surface area contributed by atoms with E-state index in [4.69, 9.17) is 22.1 Å². The molecule has 3 N–H and O–H groups in total. The summed E-state index contributed by atoms with van der Waals surface area (Å²) in [5, 5.41) is 3.43. The Labute approximate surface area is 141 Å². The predicted molar refractivity (Wildman–Crippen MR) is 91.5 cm³/mol. The van der Waals surface area contributed by atoms with Gasteiger partial charge < -0.3 is 15.8 Å². The highest BCUT2D eigenvalue weighted by Crippen LogP contribution is 2.18. The lowest BCUT2D eigenvalue weighted by Gasteiger charge is -2.26. The van der Waals surface area contributed by atoms with Gasteiger partial charge in [0.15, 0.2) is 5.96 Å². The summed E-state index contributed by atoms with van der Waals surface area (Å²) in [6.07, 6.45) is 1.43. The van der Waals surface area contributed by atoms with E-state index in [0.29, 0.717) is 36.1 Å². The first-order valence-electron chi connectivity index (χ1n) is 7.93. The van der Waals surface area contributed by atoms with Crippen LogP contribution in [-0.4, -0.2) is 56.8 Å². The Morgan fingerprint density at radius 3 is 2.91 bits per heavy atom. The number of aliphatic imine (C=N–C) groups is 1. The molecule has 1 aromatic rings. The number of nitrogens with zero attached hydrogens (tertiary/aromatic N) is 2. The summed E-state index contributed by atoms with van der Waals surface area (Å²) >= 11 is 5.98. The van der Waals surface area contributed by atoms with Crippen LogP contribution in [0.25, 0.3) is 0 Å². The molecule has 0 saturated carbocycles. The molecule has 128 valence electrons. The molecule has 1 heterocycles. The van der Waals surface area contributed by atoms with E-state index in [9.17, 15) is 4.39 Å².